The maximum atomic E-state index is 12.7. The van der Waals surface area contributed by atoms with Gasteiger partial charge in [-0.15, -0.1) is 0 Å². The maximum Gasteiger partial charge on any atom is 0.501 e. The number of nitrogens with zero attached hydrogens (tertiary/aromatic N) is 2. The minimum Gasteiger partial charge on any atom is -0.356 e. The zero-order valence-electron chi connectivity index (χ0n) is 14.6. The number of hydrogen-bond donors (Lipinski definition) is 2. The average Bonchev–Trinajstić information content (AvgIpc) is 3.13. The molecule has 2 N–H and O–H groups in total. The summed E-state index contributed by atoms with van der Waals surface area (Å²) in [7, 11) is -5.42. The SMILES string of the molecule is O=C1NCCc2[nH]c(-c3ccnc(-c4ccc(S(=O)(=O)C(F)(F)F)cc4)n3)cc21. The van der Waals surface area contributed by atoms with Crippen molar-refractivity contribution in [2.75, 3.05) is 6.54 Å². The van der Waals surface area contributed by atoms with Crippen molar-refractivity contribution in [3.63, 3.8) is 0 Å². The smallest absolute Gasteiger partial charge is 0.356 e. The van der Waals surface area contributed by atoms with Crippen LogP contribution < -0.4 is 5.32 Å². The van der Waals surface area contributed by atoms with Crippen LogP contribution in [-0.4, -0.2) is 41.3 Å². The van der Waals surface area contributed by atoms with Crippen molar-refractivity contribution >= 4 is 15.7 Å². The van der Waals surface area contributed by atoms with E-state index in [2.05, 4.69) is 20.3 Å². The van der Waals surface area contributed by atoms with Gasteiger partial charge in [-0.05, 0) is 36.4 Å². The molecule has 1 aliphatic rings. The standard InChI is InChI=1S/C18H13F3N4O3S/c19-18(20,21)29(27,28)11-3-1-10(2-4-11)16-22-7-6-14(25-16)15-9-12-13(24-15)5-8-23-17(12)26/h1-4,6-7,9,24H,5,8H2,(H,23,26). The van der Waals surface area contributed by atoms with Gasteiger partial charge in [0, 0.05) is 30.4 Å². The lowest BCUT2D eigenvalue weighted by atomic mass is 10.1. The van der Waals surface area contributed by atoms with E-state index < -0.39 is 20.2 Å². The zero-order valence-corrected chi connectivity index (χ0v) is 15.4. The molecule has 11 heteroatoms. The number of carbonyl (C=O) groups excluding carboxylic acids is 1. The molecule has 3 aromatic rings. The number of benzene rings is 1. The van der Waals surface area contributed by atoms with E-state index in [9.17, 15) is 26.4 Å². The van der Waals surface area contributed by atoms with Crippen LogP contribution in [0.3, 0.4) is 0 Å². The van der Waals surface area contributed by atoms with Gasteiger partial charge in [0.2, 0.25) is 0 Å². The number of fused-ring (bicyclic) bond motifs is 1. The molecule has 150 valence electrons. The van der Waals surface area contributed by atoms with Crippen LogP contribution in [0.25, 0.3) is 22.8 Å². The molecule has 0 fully saturated rings. The highest BCUT2D eigenvalue weighted by molar-refractivity contribution is 7.92. The molecule has 2 aromatic heterocycles. The Morgan fingerprint density at radius 1 is 1.07 bits per heavy atom. The van der Waals surface area contributed by atoms with Crippen molar-refractivity contribution in [2.45, 2.75) is 16.8 Å². The van der Waals surface area contributed by atoms with Crippen LogP contribution in [-0.2, 0) is 16.3 Å². The number of alkyl halides is 3. The van der Waals surface area contributed by atoms with Gasteiger partial charge in [0.15, 0.2) is 5.82 Å². The van der Waals surface area contributed by atoms with E-state index in [-0.39, 0.29) is 11.7 Å². The molecule has 0 atom stereocenters. The normalized spacial score (nSPS) is 14.4. The third-order valence-electron chi connectivity index (χ3n) is 4.46. The van der Waals surface area contributed by atoms with Crippen LogP contribution in [0.15, 0.2) is 47.5 Å². The number of rotatable bonds is 3. The maximum absolute atomic E-state index is 12.7. The van der Waals surface area contributed by atoms with Gasteiger partial charge in [0.1, 0.15) is 0 Å². The number of halogens is 3. The third-order valence-corrected chi connectivity index (χ3v) is 5.97. The summed E-state index contributed by atoms with van der Waals surface area (Å²) in [6, 6.07) is 7.46. The van der Waals surface area contributed by atoms with Crippen molar-refractivity contribution in [3.05, 3.63) is 53.9 Å². The molecular weight excluding hydrogens is 409 g/mol. The molecule has 0 spiro atoms. The van der Waals surface area contributed by atoms with Gasteiger partial charge in [0.25, 0.3) is 15.7 Å². The van der Waals surface area contributed by atoms with E-state index >= 15 is 0 Å². The molecule has 0 saturated heterocycles. The summed E-state index contributed by atoms with van der Waals surface area (Å²) in [5.41, 5.74) is -2.60. The Bertz CT molecular complexity index is 1200. The monoisotopic (exact) mass is 422 g/mol. The molecule has 1 aromatic carbocycles. The van der Waals surface area contributed by atoms with Crippen LogP contribution >= 0.6 is 0 Å². The highest BCUT2D eigenvalue weighted by Gasteiger charge is 2.46. The Hall–Kier alpha value is -3.21. The first-order valence-corrected chi connectivity index (χ1v) is 9.90. The summed E-state index contributed by atoms with van der Waals surface area (Å²) in [5, 5.41) is 2.75. The number of sulfone groups is 1. The van der Waals surface area contributed by atoms with Crippen molar-refractivity contribution in [2.24, 2.45) is 0 Å². The predicted molar refractivity (Wildman–Crippen MR) is 96.5 cm³/mol. The van der Waals surface area contributed by atoms with Crippen LogP contribution in [0, 0.1) is 0 Å². The fraction of sp³-hybridized carbons (Fsp3) is 0.167. The number of aromatic amines is 1. The molecule has 29 heavy (non-hydrogen) atoms. The second kappa shape index (κ2) is 6.69. The van der Waals surface area contributed by atoms with Crippen molar-refractivity contribution in [1.29, 1.82) is 0 Å². The first-order valence-electron chi connectivity index (χ1n) is 8.42. The summed E-state index contributed by atoms with van der Waals surface area (Å²) < 4.78 is 60.9. The second-order valence-corrected chi connectivity index (χ2v) is 8.26. The topological polar surface area (TPSA) is 105 Å². The Kier molecular flexibility index (Phi) is 4.41. The Labute approximate surface area is 162 Å². The van der Waals surface area contributed by atoms with E-state index in [0.29, 0.717) is 35.5 Å². The fourth-order valence-corrected chi connectivity index (χ4v) is 3.76. The average molecular weight is 422 g/mol. The first kappa shape index (κ1) is 19.1. The summed E-state index contributed by atoms with van der Waals surface area (Å²) in [6.07, 6.45) is 2.13. The van der Waals surface area contributed by atoms with Crippen molar-refractivity contribution in [3.8, 4) is 22.8 Å². The van der Waals surface area contributed by atoms with Crippen LogP contribution in [0.5, 0.6) is 0 Å². The quantitative estimate of drug-likeness (QED) is 0.675. The Morgan fingerprint density at radius 2 is 1.79 bits per heavy atom. The van der Waals surface area contributed by atoms with Crippen LogP contribution in [0.1, 0.15) is 16.1 Å². The minimum absolute atomic E-state index is 0.176. The van der Waals surface area contributed by atoms with E-state index in [1.54, 1.807) is 12.1 Å². The molecule has 0 unspecified atom stereocenters. The van der Waals surface area contributed by atoms with Crippen molar-refractivity contribution < 1.29 is 26.4 Å². The fourth-order valence-electron chi connectivity index (χ4n) is 3.00. The number of hydrogen-bond acceptors (Lipinski definition) is 5. The van der Waals surface area contributed by atoms with Crippen molar-refractivity contribution in [1.82, 2.24) is 20.3 Å². The minimum atomic E-state index is -5.42. The zero-order chi connectivity index (χ0) is 20.8. The summed E-state index contributed by atoms with van der Waals surface area (Å²) in [6.45, 7) is 0.536. The molecule has 3 heterocycles. The van der Waals surface area contributed by atoms with Gasteiger partial charge in [-0.2, -0.15) is 13.2 Å². The number of nitrogens with one attached hydrogen (secondary N) is 2. The lowest BCUT2D eigenvalue weighted by molar-refractivity contribution is -0.0436. The second-order valence-electron chi connectivity index (χ2n) is 6.32. The van der Waals surface area contributed by atoms with E-state index in [1.165, 1.54) is 18.3 Å². The molecule has 0 aliphatic carbocycles. The number of aromatic nitrogens is 3. The summed E-state index contributed by atoms with van der Waals surface area (Å²) >= 11 is 0. The van der Waals surface area contributed by atoms with Gasteiger partial charge in [-0.3, -0.25) is 4.79 Å². The van der Waals surface area contributed by atoms with Gasteiger partial charge >= 0.3 is 5.51 Å². The lowest BCUT2D eigenvalue weighted by Gasteiger charge is -2.10. The molecular formula is C18H13F3N4O3S. The first-order chi connectivity index (χ1) is 13.7. The van der Waals surface area contributed by atoms with E-state index in [1.807, 2.05) is 0 Å². The Morgan fingerprint density at radius 3 is 2.45 bits per heavy atom. The van der Waals surface area contributed by atoms with Crippen LogP contribution in [0.2, 0.25) is 0 Å². The van der Waals surface area contributed by atoms with E-state index in [0.717, 1.165) is 17.8 Å². The highest BCUT2D eigenvalue weighted by atomic mass is 32.2. The number of H-pyrrole nitrogens is 1. The summed E-state index contributed by atoms with van der Waals surface area (Å²) in [4.78, 5) is 22.7. The Balaban J connectivity index is 1.67. The number of carbonyl (C=O) groups is 1. The van der Waals surface area contributed by atoms with Gasteiger partial charge in [-0.1, -0.05) is 0 Å². The van der Waals surface area contributed by atoms with E-state index in [4.69, 9.17) is 0 Å². The molecule has 4 rings (SSSR count). The van der Waals surface area contributed by atoms with Gasteiger partial charge < -0.3 is 10.3 Å². The molecule has 1 amide bonds. The van der Waals surface area contributed by atoms with Crippen LogP contribution in [0.4, 0.5) is 13.2 Å². The van der Waals surface area contributed by atoms with Gasteiger partial charge in [-0.25, -0.2) is 18.4 Å². The molecule has 7 nitrogen and oxygen atoms in total. The largest absolute Gasteiger partial charge is 0.501 e. The predicted octanol–water partition coefficient (Wildman–Crippen LogP) is 2.72. The summed E-state index contributed by atoms with van der Waals surface area (Å²) in [5.74, 6) is 0.0278. The molecule has 0 saturated carbocycles. The molecule has 0 radical (unpaired) electrons. The molecule has 1 aliphatic heterocycles. The third kappa shape index (κ3) is 3.37. The lowest BCUT2D eigenvalue weighted by Crippen LogP contribution is -2.31. The van der Waals surface area contributed by atoms with Gasteiger partial charge in [0.05, 0.1) is 21.8 Å². The highest BCUT2D eigenvalue weighted by Crippen LogP contribution is 2.31. The number of amides is 1. The molecule has 0 bridgehead atoms.